The van der Waals surface area contributed by atoms with Crippen molar-refractivity contribution in [3.8, 4) is 11.5 Å². The molecule has 0 spiro atoms. The fourth-order valence-corrected chi connectivity index (χ4v) is 4.00. The van der Waals surface area contributed by atoms with Crippen LogP contribution in [0.4, 0.5) is 10.5 Å². The van der Waals surface area contributed by atoms with Crippen LogP contribution in [0.5, 0.6) is 11.5 Å². The molecule has 0 aliphatic carbocycles. The van der Waals surface area contributed by atoms with Gasteiger partial charge in [-0.1, -0.05) is 51.8 Å². The highest BCUT2D eigenvalue weighted by Gasteiger charge is 2.37. The van der Waals surface area contributed by atoms with E-state index in [1.54, 1.807) is 37.3 Å². The van der Waals surface area contributed by atoms with Gasteiger partial charge in [0.25, 0.3) is 11.8 Å². The summed E-state index contributed by atoms with van der Waals surface area (Å²) in [6.45, 7) is 4.07. The molecule has 3 aromatic carbocycles. The van der Waals surface area contributed by atoms with Crippen molar-refractivity contribution in [2.75, 3.05) is 12.0 Å². The highest BCUT2D eigenvalue weighted by atomic mass is 79.9. The smallest absolute Gasteiger partial charge is 0.335 e. The number of halogens is 1. The number of nitrogens with one attached hydrogen (secondary N) is 1. The Bertz CT molecular complexity index is 1350. The highest BCUT2D eigenvalue weighted by molar-refractivity contribution is 9.10. The summed E-state index contributed by atoms with van der Waals surface area (Å²) in [5.74, 6) is -0.484. The van der Waals surface area contributed by atoms with Crippen LogP contribution in [0, 0.1) is 13.8 Å². The van der Waals surface area contributed by atoms with Crippen molar-refractivity contribution >= 4 is 45.5 Å². The van der Waals surface area contributed by atoms with E-state index in [2.05, 4.69) is 21.2 Å². The highest BCUT2D eigenvalue weighted by Crippen LogP contribution is 2.31. The maximum absolute atomic E-state index is 13.2. The minimum absolute atomic E-state index is 0.157. The van der Waals surface area contributed by atoms with E-state index >= 15 is 0 Å². The molecule has 35 heavy (non-hydrogen) atoms. The van der Waals surface area contributed by atoms with Crippen LogP contribution >= 0.6 is 15.9 Å². The van der Waals surface area contributed by atoms with Crippen molar-refractivity contribution in [1.82, 2.24) is 5.32 Å². The molecular weight excluding hydrogens is 512 g/mol. The third-order valence-electron chi connectivity index (χ3n) is 5.50. The molecule has 178 valence electrons. The van der Waals surface area contributed by atoms with E-state index in [9.17, 15) is 14.4 Å². The minimum Gasteiger partial charge on any atom is -0.493 e. The lowest BCUT2D eigenvalue weighted by atomic mass is 10.0. The Morgan fingerprint density at radius 2 is 1.69 bits per heavy atom. The van der Waals surface area contributed by atoms with Gasteiger partial charge >= 0.3 is 6.03 Å². The molecule has 0 bridgehead atoms. The van der Waals surface area contributed by atoms with Gasteiger partial charge in [0, 0.05) is 4.47 Å². The molecule has 3 aromatic rings. The van der Waals surface area contributed by atoms with Gasteiger partial charge in [-0.2, -0.15) is 0 Å². The van der Waals surface area contributed by atoms with Gasteiger partial charge in [0.1, 0.15) is 12.2 Å². The molecule has 4 amide bonds. The molecule has 1 aliphatic rings. The molecule has 0 unspecified atom stereocenters. The summed E-state index contributed by atoms with van der Waals surface area (Å²) in [5.41, 5.74) is 3.54. The average Bonchev–Trinajstić information content (AvgIpc) is 2.83. The number of amides is 4. The lowest BCUT2D eigenvalue weighted by molar-refractivity contribution is -0.122. The van der Waals surface area contributed by atoms with Gasteiger partial charge in [0.15, 0.2) is 11.5 Å². The van der Waals surface area contributed by atoms with E-state index in [-0.39, 0.29) is 5.57 Å². The van der Waals surface area contributed by atoms with Crippen LogP contribution in [0.25, 0.3) is 6.08 Å². The monoisotopic (exact) mass is 534 g/mol. The normalized spacial score (nSPS) is 14.8. The molecule has 1 saturated heterocycles. The quantitative estimate of drug-likeness (QED) is 0.341. The predicted molar refractivity (Wildman–Crippen MR) is 136 cm³/mol. The van der Waals surface area contributed by atoms with Crippen LogP contribution in [0.15, 0.2) is 70.7 Å². The van der Waals surface area contributed by atoms with Gasteiger partial charge in [-0.05, 0) is 66.9 Å². The zero-order valence-electron chi connectivity index (χ0n) is 19.4. The zero-order chi connectivity index (χ0) is 25.1. The SMILES string of the molecule is COc1cc(/C=C2\C(=O)NC(=O)N(c3ccc(C)cc3C)C2=O)ccc1OCc1ccc(Br)cc1. The number of urea groups is 1. The van der Waals surface area contributed by atoms with Crippen LogP contribution in [-0.4, -0.2) is 25.0 Å². The van der Waals surface area contributed by atoms with Crippen molar-refractivity contribution in [2.24, 2.45) is 0 Å². The van der Waals surface area contributed by atoms with Crippen LogP contribution in [0.2, 0.25) is 0 Å². The molecule has 0 saturated carbocycles. The number of nitrogens with zero attached hydrogens (tertiary/aromatic N) is 1. The van der Waals surface area contributed by atoms with E-state index in [0.717, 1.165) is 26.1 Å². The van der Waals surface area contributed by atoms with E-state index < -0.39 is 17.8 Å². The van der Waals surface area contributed by atoms with Crippen molar-refractivity contribution in [3.63, 3.8) is 0 Å². The molecular formula is C27H23BrN2O5. The molecule has 1 fully saturated rings. The standard InChI is InChI=1S/C27H23BrN2O5/c1-16-4-10-22(17(2)12-16)30-26(32)21(25(31)29-27(30)33)13-19-7-11-23(24(14-19)34-3)35-15-18-5-8-20(28)9-6-18/h4-14H,15H2,1-3H3,(H,29,31,33)/b21-13+. The Morgan fingerprint density at radius 3 is 2.37 bits per heavy atom. The Kier molecular flexibility index (Phi) is 7.02. The summed E-state index contributed by atoms with van der Waals surface area (Å²) in [5, 5.41) is 2.25. The summed E-state index contributed by atoms with van der Waals surface area (Å²) >= 11 is 3.41. The number of carbonyl (C=O) groups is 3. The number of rotatable bonds is 6. The fraction of sp³-hybridized carbons (Fsp3) is 0.148. The molecule has 8 heteroatoms. The van der Waals surface area contributed by atoms with Crippen LogP contribution in [0.3, 0.4) is 0 Å². The second-order valence-corrected chi connectivity index (χ2v) is 8.99. The minimum atomic E-state index is -0.779. The van der Waals surface area contributed by atoms with Crippen LogP contribution < -0.4 is 19.7 Å². The van der Waals surface area contributed by atoms with Gasteiger partial charge in [-0.15, -0.1) is 0 Å². The van der Waals surface area contributed by atoms with E-state index in [1.807, 2.05) is 37.3 Å². The fourth-order valence-electron chi connectivity index (χ4n) is 3.73. The Morgan fingerprint density at radius 1 is 0.943 bits per heavy atom. The Hall–Kier alpha value is -3.91. The van der Waals surface area contributed by atoms with Crippen molar-refractivity contribution in [1.29, 1.82) is 0 Å². The third kappa shape index (κ3) is 5.27. The van der Waals surface area contributed by atoms with E-state index in [4.69, 9.17) is 9.47 Å². The molecule has 1 heterocycles. The molecule has 1 N–H and O–H groups in total. The van der Waals surface area contributed by atoms with Crippen molar-refractivity contribution in [3.05, 3.63) is 93.0 Å². The van der Waals surface area contributed by atoms with Crippen LogP contribution in [-0.2, 0) is 16.2 Å². The number of hydrogen-bond donors (Lipinski definition) is 1. The summed E-state index contributed by atoms with van der Waals surface area (Å²) in [7, 11) is 1.51. The number of anilines is 1. The molecule has 0 aromatic heterocycles. The summed E-state index contributed by atoms with van der Waals surface area (Å²) in [4.78, 5) is 39.2. The number of benzene rings is 3. The Balaban J connectivity index is 1.60. The zero-order valence-corrected chi connectivity index (χ0v) is 21.0. The van der Waals surface area contributed by atoms with Gasteiger partial charge in [-0.25, -0.2) is 9.69 Å². The number of imide groups is 2. The van der Waals surface area contributed by atoms with Gasteiger partial charge in [0.2, 0.25) is 0 Å². The first kappa shape index (κ1) is 24.2. The maximum Gasteiger partial charge on any atom is 0.335 e. The lowest BCUT2D eigenvalue weighted by Crippen LogP contribution is -2.54. The first-order valence-corrected chi connectivity index (χ1v) is 11.6. The van der Waals surface area contributed by atoms with E-state index in [0.29, 0.717) is 29.4 Å². The molecule has 1 aliphatic heterocycles. The first-order chi connectivity index (χ1) is 16.8. The van der Waals surface area contributed by atoms with Crippen molar-refractivity contribution in [2.45, 2.75) is 20.5 Å². The van der Waals surface area contributed by atoms with Gasteiger partial charge < -0.3 is 9.47 Å². The lowest BCUT2D eigenvalue weighted by Gasteiger charge is -2.27. The predicted octanol–water partition coefficient (Wildman–Crippen LogP) is 5.32. The number of barbiturate groups is 1. The summed E-state index contributed by atoms with van der Waals surface area (Å²) in [6, 6.07) is 17.4. The summed E-state index contributed by atoms with van der Waals surface area (Å²) in [6.07, 6.45) is 1.43. The van der Waals surface area contributed by atoms with E-state index in [1.165, 1.54) is 13.2 Å². The topological polar surface area (TPSA) is 84.9 Å². The second-order valence-electron chi connectivity index (χ2n) is 8.07. The third-order valence-corrected chi connectivity index (χ3v) is 6.03. The summed E-state index contributed by atoms with van der Waals surface area (Å²) < 4.78 is 12.3. The number of carbonyl (C=O) groups excluding carboxylic acids is 3. The molecule has 7 nitrogen and oxygen atoms in total. The Labute approximate surface area is 211 Å². The van der Waals surface area contributed by atoms with Crippen molar-refractivity contribution < 1.29 is 23.9 Å². The number of methoxy groups -OCH3 is 1. The molecule has 0 radical (unpaired) electrons. The number of ether oxygens (including phenoxy) is 2. The van der Waals surface area contributed by atoms with Crippen LogP contribution in [0.1, 0.15) is 22.3 Å². The van der Waals surface area contributed by atoms with Gasteiger partial charge in [0.05, 0.1) is 12.8 Å². The maximum atomic E-state index is 13.2. The number of aryl methyl sites for hydroxylation is 2. The molecule has 0 atom stereocenters. The van der Waals surface area contributed by atoms with Gasteiger partial charge in [-0.3, -0.25) is 14.9 Å². The largest absolute Gasteiger partial charge is 0.493 e. The second kappa shape index (κ2) is 10.1. The average molecular weight is 535 g/mol. The number of hydrogen-bond acceptors (Lipinski definition) is 5. The molecule has 4 rings (SSSR count). The first-order valence-electron chi connectivity index (χ1n) is 10.8.